The van der Waals surface area contributed by atoms with Crippen molar-refractivity contribution < 1.29 is 18.0 Å². The molecule has 0 aliphatic heterocycles. The number of aromatic nitrogens is 2. The minimum absolute atomic E-state index is 0.000235. The number of benzene rings is 2. The Balaban J connectivity index is 1.82. The topological polar surface area (TPSA) is 84.1 Å². The number of nitrogens with zero attached hydrogens (tertiary/aromatic N) is 3. The van der Waals surface area contributed by atoms with E-state index in [4.69, 9.17) is 17.3 Å². The van der Waals surface area contributed by atoms with Crippen LogP contribution >= 0.6 is 11.6 Å². The minimum atomic E-state index is -4.43. The number of amides is 1. The number of carbonyl (C=O) groups excluding carboxylic acids is 1. The zero-order chi connectivity index (χ0) is 21.9. The summed E-state index contributed by atoms with van der Waals surface area (Å²) in [5.74, 6) is -0.238. The van der Waals surface area contributed by atoms with E-state index in [-0.39, 0.29) is 24.0 Å². The van der Waals surface area contributed by atoms with Crippen molar-refractivity contribution in [1.29, 1.82) is 0 Å². The van der Waals surface area contributed by atoms with Crippen LogP contribution in [-0.4, -0.2) is 21.1 Å². The van der Waals surface area contributed by atoms with Crippen LogP contribution in [0.5, 0.6) is 0 Å². The quantitative estimate of drug-likeness (QED) is 0.564. The molecule has 6 nitrogen and oxygen atoms in total. The lowest BCUT2D eigenvalue weighted by Crippen LogP contribution is -2.34. The molecule has 0 fully saturated rings. The molecule has 30 heavy (non-hydrogen) atoms. The molecule has 156 valence electrons. The van der Waals surface area contributed by atoms with Gasteiger partial charge in [0.05, 0.1) is 24.0 Å². The van der Waals surface area contributed by atoms with Crippen LogP contribution in [-0.2, 0) is 17.5 Å². The number of carbonyl (C=O) groups is 1. The molecule has 0 radical (unpaired) electrons. The van der Waals surface area contributed by atoms with E-state index < -0.39 is 11.7 Å². The summed E-state index contributed by atoms with van der Waals surface area (Å²) in [6.45, 7) is 1.31. The first kappa shape index (κ1) is 21.4. The third kappa shape index (κ3) is 4.98. The molecular weight excluding hydrogens is 419 g/mol. The Morgan fingerprint density at radius 2 is 1.77 bits per heavy atom. The number of hydrogen-bond donors (Lipinski definition) is 2. The molecule has 0 saturated heterocycles. The van der Waals surface area contributed by atoms with E-state index in [0.717, 1.165) is 17.7 Å². The smallest absolute Gasteiger partial charge is 0.395 e. The molecule has 0 bridgehead atoms. The Morgan fingerprint density at radius 3 is 2.33 bits per heavy atom. The summed E-state index contributed by atoms with van der Waals surface area (Å²) >= 11 is 5.91. The first-order chi connectivity index (χ1) is 14.1. The molecule has 3 aromatic rings. The Morgan fingerprint density at radius 1 is 1.13 bits per heavy atom. The van der Waals surface area contributed by atoms with Gasteiger partial charge in [-0.15, -0.1) is 5.10 Å². The largest absolute Gasteiger partial charge is 0.416 e. The average Bonchev–Trinajstić information content (AvgIpc) is 2.69. The third-order valence-corrected chi connectivity index (χ3v) is 4.54. The highest BCUT2D eigenvalue weighted by Crippen LogP contribution is 2.31. The molecule has 0 aliphatic rings. The predicted molar refractivity (Wildman–Crippen MR) is 108 cm³/mol. The second-order valence-electron chi connectivity index (χ2n) is 6.44. The van der Waals surface area contributed by atoms with E-state index in [2.05, 4.69) is 15.6 Å². The lowest BCUT2D eigenvalue weighted by atomic mass is 10.1. The molecule has 3 rings (SSSR count). The average molecular weight is 436 g/mol. The van der Waals surface area contributed by atoms with Crippen molar-refractivity contribution in [2.24, 2.45) is 0 Å². The highest BCUT2D eigenvalue weighted by atomic mass is 35.5. The van der Waals surface area contributed by atoms with E-state index in [9.17, 15) is 18.0 Å². The monoisotopic (exact) mass is 435 g/mol. The van der Waals surface area contributed by atoms with Gasteiger partial charge in [-0.2, -0.15) is 18.3 Å². The van der Waals surface area contributed by atoms with Gasteiger partial charge in [-0.1, -0.05) is 35.9 Å². The molecule has 10 heteroatoms. The number of nitrogens with one attached hydrogen (secondary N) is 1. The summed E-state index contributed by atoms with van der Waals surface area (Å²) in [6.07, 6.45) is -2.94. The minimum Gasteiger partial charge on any atom is -0.395 e. The van der Waals surface area contributed by atoms with E-state index in [1.54, 1.807) is 24.3 Å². The molecule has 0 aliphatic carbocycles. The Hall–Kier alpha value is -3.33. The molecule has 0 spiro atoms. The van der Waals surface area contributed by atoms with Crippen LogP contribution in [0.25, 0.3) is 11.1 Å². The van der Waals surface area contributed by atoms with Gasteiger partial charge in [0.15, 0.2) is 5.82 Å². The number of hydrogen-bond acceptors (Lipinski definition) is 5. The third-order valence-electron chi connectivity index (χ3n) is 4.29. The van der Waals surface area contributed by atoms with Crippen LogP contribution in [0.3, 0.4) is 0 Å². The van der Waals surface area contributed by atoms with Crippen LogP contribution in [0.2, 0.25) is 5.02 Å². The maximum absolute atomic E-state index is 12.7. The fourth-order valence-corrected chi connectivity index (χ4v) is 2.80. The Bertz CT molecular complexity index is 1040. The van der Waals surface area contributed by atoms with Crippen molar-refractivity contribution in [1.82, 2.24) is 15.2 Å². The number of hydrazine groups is 1. The molecule has 1 amide bonds. The Labute approximate surface area is 175 Å². The number of nitrogens with two attached hydrogens (primary N) is 1. The number of halogens is 4. The summed E-state index contributed by atoms with van der Waals surface area (Å²) < 4.78 is 38.2. The van der Waals surface area contributed by atoms with Gasteiger partial charge in [-0.05, 0) is 35.4 Å². The standard InChI is InChI=1S/C20H17ClF3N5O/c1-12(30)29(11-13-2-6-15(7-3-13)20(22,23)24)28-19-18(25)17(10-26-27-19)14-4-8-16(21)9-5-14/h2-10H,11H2,1H3,(H2,25,26)(H,27,28). The molecule has 0 atom stereocenters. The second-order valence-corrected chi connectivity index (χ2v) is 6.88. The van der Waals surface area contributed by atoms with Crippen LogP contribution < -0.4 is 11.2 Å². The summed E-state index contributed by atoms with van der Waals surface area (Å²) in [5.41, 5.74) is 10.3. The maximum atomic E-state index is 12.7. The maximum Gasteiger partial charge on any atom is 0.416 e. The van der Waals surface area contributed by atoms with Crippen LogP contribution in [0.1, 0.15) is 18.1 Å². The van der Waals surface area contributed by atoms with Crippen molar-refractivity contribution in [3.63, 3.8) is 0 Å². The van der Waals surface area contributed by atoms with Gasteiger partial charge < -0.3 is 5.73 Å². The van der Waals surface area contributed by atoms with Crippen LogP contribution in [0.15, 0.2) is 54.7 Å². The van der Waals surface area contributed by atoms with Crippen LogP contribution in [0.4, 0.5) is 24.7 Å². The van der Waals surface area contributed by atoms with Gasteiger partial charge in [0, 0.05) is 17.5 Å². The molecule has 2 aromatic carbocycles. The highest BCUT2D eigenvalue weighted by molar-refractivity contribution is 6.30. The molecule has 0 saturated carbocycles. The molecular formula is C20H17ClF3N5O. The molecule has 1 heterocycles. The van der Waals surface area contributed by atoms with Crippen LogP contribution in [0, 0.1) is 0 Å². The lowest BCUT2D eigenvalue weighted by molar-refractivity contribution is -0.137. The van der Waals surface area contributed by atoms with Gasteiger partial charge in [0.2, 0.25) is 5.91 Å². The zero-order valence-electron chi connectivity index (χ0n) is 15.7. The van der Waals surface area contributed by atoms with Crippen molar-refractivity contribution in [3.8, 4) is 11.1 Å². The molecule has 0 unspecified atom stereocenters. The van der Waals surface area contributed by atoms with Crippen molar-refractivity contribution in [2.75, 3.05) is 11.2 Å². The first-order valence-electron chi connectivity index (χ1n) is 8.73. The van der Waals surface area contributed by atoms with E-state index in [1.807, 2.05) is 0 Å². The van der Waals surface area contributed by atoms with E-state index in [1.165, 1.54) is 30.3 Å². The number of rotatable bonds is 5. The summed E-state index contributed by atoms with van der Waals surface area (Å²) in [4.78, 5) is 12.1. The summed E-state index contributed by atoms with van der Waals surface area (Å²) in [6, 6.07) is 11.5. The van der Waals surface area contributed by atoms with Crippen molar-refractivity contribution in [3.05, 3.63) is 70.9 Å². The van der Waals surface area contributed by atoms with Crippen molar-refractivity contribution in [2.45, 2.75) is 19.6 Å². The lowest BCUT2D eigenvalue weighted by Gasteiger charge is -2.23. The summed E-state index contributed by atoms with van der Waals surface area (Å²) in [5, 5.41) is 9.61. The fourth-order valence-electron chi connectivity index (χ4n) is 2.68. The zero-order valence-corrected chi connectivity index (χ0v) is 16.5. The summed E-state index contributed by atoms with van der Waals surface area (Å²) in [7, 11) is 0. The van der Waals surface area contributed by atoms with Gasteiger partial charge in [0.1, 0.15) is 0 Å². The Kier molecular flexibility index (Phi) is 6.12. The second kappa shape index (κ2) is 8.58. The van der Waals surface area contributed by atoms with E-state index in [0.29, 0.717) is 16.1 Å². The number of alkyl halides is 3. The number of nitrogen functional groups attached to an aromatic ring is 1. The fraction of sp³-hybridized carbons (Fsp3) is 0.150. The molecule has 1 aromatic heterocycles. The first-order valence-corrected chi connectivity index (χ1v) is 9.11. The van der Waals surface area contributed by atoms with Crippen molar-refractivity contribution >= 4 is 29.0 Å². The molecule has 3 N–H and O–H groups in total. The predicted octanol–water partition coefficient (Wildman–Crippen LogP) is 4.77. The number of anilines is 2. The van der Waals surface area contributed by atoms with Gasteiger partial charge in [-0.25, -0.2) is 0 Å². The normalized spacial score (nSPS) is 11.2. The SMILES string of the molecule is CC(=O)N(Cc1ccc(C(F)(F)F)cc1)Nc1nncc(-c2ccc(Cl)cc2)c1N. The highest BCUT2D eigenvalue weighted by Gasteiger charge is 2.30. The van der Waals surface area contributed by atoms with Gasteiger partial charge >= 0.3 is 6.18 Å². The van der Waals surface area contributed by atoms with Gasteiger partial charge in [0.25, 0.3) is 0 Å². The van der Waals surface area contributed by atoms with Gasteiger partial charge in [-0.3, -0.25) is 15.2 Å². The van der Waals surface area contributed by atoms with E-state index >= 15 is 0 Å².